The van der Waals surface area contributed by atoms with Gasteiger partial charge in [0.2, 0.25) is 0 Å². The Kier molecular flexibility index (Phi) is 5.11. The summed E-state index contributed by atoms with van der Waals surface area (Å²) in [5.74, 6) is -0.530. The summed E-state index contributed by atoms with van der Waals surface area (Å²) in [4.78, 5) is 13.9. The van der Waals surface area contributed by atoms with Crippen LogP contribution in [-0.4, -0.2) is 17.4 Å². The maximum absolute atomic E-state index is 12.9. The molecule has 0 saturated heterocycles. The molecule has 0 spiro atoms. The van der Waals surface area contributed by atoms with Crippen LogP contribution in [0.15, 0.2) is 48.7 Å². The Morgan fingerprint density at radius 2 is 1.96 bits per heavy atom. The number of benzene rings is 1. The van der Waals surface area contributed by atoms with Crippen LogP contribution < -0.4 is 4.73 Å². The van der Waals surface area contributed by atoms with Gasteiger partial charge in [-0.3, -0.25) is 4.79 Å². The van der Waals surface area contributed by atoms with Gasteiger partial charge in [-0.25, -0.2) is 0 Å². The molecule has 24 heavy (non-hydrogen) atoms. The van der Waals surface area contributed by atoms with Gasteiger partial charge < -0.3 is 10.1 Å². The van der Waals surface area contributed by atoms with Crippen molar-refractivity contribution in [1.82, 2.24) is 4.90 Å². The van der Waals surface area contributed by atoms with Crippen LogP contribution in [0, 0.1) is 5.21 Å². The third-order valence-electron chi connectivity index (χ3n) is 3.81. The van der Waals surface area contributed by atoms with Gasteiger partial charge in [0.25, 0.3) is 5.69 Å². The van der Waals surface area contributed by atoms with Crippen molar-refractivity contribution in [2.24, 2.45) is 0 Å². The van der Waals surface area contributed by atoms with Crippen molar-refractivity contribution >= 4 is 5.91 Å². The molecule has 1 aromatic carbocycles. The molecule has 0 aliphatic heterocycles. The van der Waals surface area contributed by atoms with Gasteiger partial charge in [-0.2, -0.15) is 17.9 Å². The Bertz CT molecular complexity index is 732. The maximum Gasteiger partial charge on any atom is 0.416 e. The van der Waals surface area contributed by atoms with Crippen molar-refractivity contribution in [1.29, 1.82) is 0 Å². The van der Waals surface area contributed by atoms with Crippen molar-refractivity contribution in [3.05, 3.63) is 70.7 Å². The van der Waals surface area contributed by atoms with Crippen molar-refractivity contribution in [2.45, 2.75) is 26.1 Å². The first-order chi connectivity index (χ1) is 11.3. The standard InChI is InChI=1S/C17H17F3N2O2/c1-3-21(16(23)15-9-4-5-10-22(15)24)12(2)13-7-6-8-14(11-13)17(18,19)20/h4-12H,3H2,1-2H3. The second-order valence-electron chi connectivity index (χ2n) is 5.30. The number of hydrogen-bond donors (Lipinski definition) is 0. The Balaban J connectivity index is 2.34. The lowest BCUT2D eigenvalue weighted by atomic mass is 10.0. The molecule has 1 heterocycles. The fraction of sp³-hybridized carbons (Fsp3) is 0.294. The van der Waals surface area contributed by atoms with Gasteiger partial charge >= 0.3 is 12.1 Å². The fourth-order valence-electron chi connectivity index (χ4n) is 2.49. The van der Waals surface area contributed by atoms with Gasteiger partial charge in [-0.05, 0) is 37.6 Å². The first-order valence-corrected chi connectivity index (χ1v) is 7.42. The largest absolute Gasteiger partial charge is 0.618 e. The van der Waals surface area contributed by atoms with Crippen LogP contribution in [0.25, 0.3) is 0 Å². The lowest BCUT2D eigenvalue weighted by molar-refractivity contribution is -0.608. The Morgan fingerprint density at radius 1 is 1.25 bits per heavy atom. The molecule has 0 N–H and O–H groups in total. The number of pyridine rings is 1. The predicted octanol–water partition coefficient (Wildman–Crippen LogP) is 3.56. The van der Waals surface area contributed by atoms with E-state index in [-0.39, 0.29) is 12.2 Å². The molecule has 1 amide bonds. The number of alkyl halides is 3. The number of aromatic nitrogens is 1. The van der Waals surface area contributed by atoms with Gasteiger partial charge in [-0.1, -0.05) is 12.1 Å². The van der Waals surface area contributed by atoms with E-state index < -0.39 is 23.7 Å². The molecule has 1 atom stereocenters. The van der Waals surface area contributed by atoms with E-state index >= 15 is 0 Å². The molecule has 0 saturated carbocycles. The molecular formula is C17H17F3N2O2. The van der Waals surface area contributed by atoms with E-state index in [1.54, 1.807) is 19.9 Å². The number of amides is 1. The Morgan fingerprint density at radius 3 is 2.54 bits per heavy atom. The molecule has 128 valence electrons. The summed E-state index contributed by atoms with van der Waals surface area (Å²) in [6, 6.07) is 8.69. The summed E-state index contributed by atoms with van der Waals surface area (Å²) in [5, 5.41) is 11.7. The highest BCUT2D eigenvalue weighted by atomic mass is 19.4. The van der Waals surface area contributed by atoms with E-state index in [4.69, 9.17) is 0 Å². The summed E-state index contributed by atoms with van der Waals surface area (Å²) in [7, 11) is 0. The number of hydrogen-bond acceptors (Lipinski definition) is 2. The van der Waals surface area contributed by atoms with E-state index in [1.165, 1.54) is 35.4 Å². The SMILES string of the molecule is CCN(C(=O)c1cccc[n+]1[O-])C(C)c1cccc(C(F)(F)F)c1. The van der Waals surface area contributed by atoms with Crippen LogP contribution in [-0.2, 0) is 6.18 Å². The topological polar surface area (TPSA) is 47.2 Å². The summed E-state index contributed by atoms with van der Waals surface area (Å²) < 4.78 is 39.0. The maximum atomic E-state index is 12.9. The number of carbonyl (C=O) groups excluding carboxylic acids is 1. The minimum absolute atomic E-state index is 0.0711. The summed E-state index contributed by atoms with van der Waals surface area (Å²) >= 11 is 0. The highest BCUT2D eigenvalue weighted by Crippen LogP contribution is 2.32. The first kappa shape index (κ1) is 17.8. The van der Waals surface area contributed by atoms with E-state index in [1.807, 2.05) is 0 Å². The van der Waals surface area contributed by atoms with E-state index in [0.717, 1.165) is 12.1 Å². The molecule has 4 nitrogen and oxygen atoms in total. The van der Waals surface area contributed by atoms with E-state index in [9.17, 15) is 23.2 Å². The van der Waals surface area contributed by atoms with Crippen molar-refractivity contribution < 1.29 is 22.7 Å². The summed E-state index contributed by atoms with van der Waals surface area (Å²) in [5.41, 5.74) is -0.486. The molecule has 0 bridgehead atoms. The molecule has 0 aliphatic carbocycles. The Labute approximate surface area is 137 Å². The van der Waals surface area contributed by atoms with Crippen molar-refractivity contribution in [3.8, 4) is 0 Å². The molecule has 2 rings (SSSR count). The highest BCUT2D eigenvalue weighted by molar-refractivity contribution is 5.91. The smallest absolute Gasteiger partial charge is 0.416 e. The number of nitrogens with zero attached hydrogens (tertiary/aromatic N) is 2. The number of halogens is 3. The van der Waals surface area contributed by atoms with Gasteiger partial charge in [0.1, 0.15) is 0 Å². The zero-order valence-corrected chi connectivity index (χ0v) is 13.2. The molecular weight excluding hydrogens is 321 g/mol. The molecule has 1 unspecified atom stereocenters. The second kappa shape index (κ2) is 6.90. The summed E-state index contributed by atoms with van der Waals surface area (Å²) in [6.07, 6.45) is -3.25. The quantitative estimate of drug-likeness (QED) is 0.632. The van der Waals surface area contributed by atoms with Crippen LogP contribution in [0.2, 0.25) is 0 Å². The van der Waals surface area contributed by atoms with Gasteiger partial charge in [-0.15, -0.1) is 0 Å². The van der Waals surface area contributed by atoms with Crippen LogP contribution in [0.5, 0.6) is 0 Å². The second-order valence-corrected chi connectivity index (χ2v) is 5.30. The average molecular weight is 338 g/mol. The van der Waals surface area contributed by atoms with Gasteiger partial charge in [0.15, 0.2) is 6.20 Å². The van der Waals surface area contributed by atoms with E-state index in [2.05, 4.69) is 0 Å². The van der Waals surface area contributed by atoms with E-state index in [0.29, 0.717) is 10.3 Å². The summed E-state index contributed by atoms with van der Waals surface area (Å²) in [6.45, 7) is 3.60. The predicted molar refractivity (Wildman–Crippen MR) is 82.0 cm³/mol. The fourth-order valence-corrected chi connectivity index (χ4v) is 2.49. The monoisotopic (exact) mass is 338 g/mol. The number of rotatable bonds is 4. The zero-order chi connectivity index (χ0) is 17.9. The van der Waals surface area contributed by atoms with Gasteiger partial charge in [0.05, 0.1) is 11.6 Å². The minimum atomic E-state index is -4.45. The minimum Gasteiger partial charge on any atom is -0.618 e. The van der Waals surface area contributed by atoms with Crippen LogP contribution in [0.3, 0.4) is 0 Å². The lowest BCUT2D eigenvalue weighted by Gasteiger charge is -2.28. The molecule has 7 heteroatoms. The third kappa shape index (κ3) is 3.67. The van der Waals surface area contributed by atoms with Gasteiger partial charge in [0, 0.05) is 18.7 Å². The molecule has 0 aliphatic rings. The number of carbonyl (C=O) groups is 1. The van der Waals surface area contributed by atoms with Crippen molar-refractivity contribution in [2.75, 3.05) is 6.54 Å². The highest BCUT2D eigenvalue weighted by Gasteiger charge is 2.32. The van der Waals surface area contributed by atoms with Crippen molar-refractivity contribution in [3.63, 3.8) is 0 Å². The zero-order valence-electron chi connectivity index (χ0n) is 13.2. The lowest BCUT2D eigenvalue weighted by Crippen LogP contribution is -2.42. The molecule has 2 aromatic rings. The van der Waals surface area contributed by atoms with Crippen LogP contribution in [0.1, 0.15) is 41.5 Å². The molecule has 0 fully saturated rings. The first-order valence-electron chi connectivity index (χ1n) is 7.42. The van der Waals surface area contributed by atoms with Crippen LogP contribution in [0.4, 0.5) is 13.2 Å². The molecule has 0 radical (unpaired) electrons. The third-order valence-corrected chi connectivity index (χ3v) is 3.81. The van der Waals surface area contributed by atoms with Crippen LogP contribution >= 0.6 is 0 Å². The molecule has 1 aromatic heterocycles. The average Bonchev–Trinajstić information content (AvgIpc) is 2.55. The Hall–Kier alpha value is -2.57. The normalized spacial score (nSPS) is 12.7.